The van der Waals surface area contributed by atoms with Gasteiger partial charge in [-0.15, -0.1) is 10.2 Å². The molecule has 150 valence electrons. The summed E-state index contributed by atoms with van der Waals surface area (Å²) in [5.74, 6) is -1.49. The summed E-state index contributed by atoms with van der Waals surface area (Å²) in [4.78, 5) is 24.1. The van der Waals surface area contributed by atoms with E-state index in [2.05, 4.69) is 36.8 Å². The number of carbonyl (C=O) groups excluding carboxylic acids is 2. The van der Waals surface area contributed by atoms with Crippen LogP contribution in [0.1, 0.15) is 16.2 Å². The van der Waals surface area contributed by atoms with E-state index in [1.54, 1.807) is 12.1 Å². The van der Waals surface area contributed by atoms with Crippen LogP contribution in [0.3, 0.4) is 0 Å². The minimum Gasteiger partial charge on any atom is -0.414 e. The molecule has 1 heterocycles. The van der Waals surface area contributed by atoms with Crippen molar-refractivity contribution in [1.82, 2.24) is 15.5 Å². The second-order valence-corrected chi connectivity index (χ2v) is 7.83. The number of anilines is 1. The molecule has 2 N–H and O–H groups in total. The molecule has 0 saturated carbocycles. The molecule has 0 atom stereocenters. The van der Waals surface area contributed by atoms with Crippen molar-refractivity contribution in [3.05, 3.63) is 69.2 Å². The monoisotopic (exact) mass is 498 g/mol. The highest BCUT2D eigenvalue weighted by Gasteiger charge is 2.17. The van der Waals surface area contributed by atoms with Crippen LogP contribution in [-0.2, 0) is 11.3 Å². The van der Waals surface area contributed by atoms with Crippen molar-refractivity contribution in [3.8, 4) is 0 Å². The molecule has 2 aromatic carbocycles. The molecule has 2 amide bonds. The van der Waals surface area contributed by atoms with Crippen molar-refractivity contribution in [3.63, 3.8) is 0 Å². The van der Waals surface area contributed by atoms with Gasteiger partial charge < -0.3 is 15.1 Å². The third-order valence-corrected chi connectivity index (χ3v) is 5.16. The molecule has 3 rings (SSSR count). The van der Waals surface area contributed by atoms with Crippen LogP contribution in [0.5, 0.6) is 0 Å². The summed E-state index contributed by atoms with van der Waals surface area (Å²) in [7, 11) is 0. The lowest BCUT2D eigenvalue weighted by atomic mass is 10.2. The van der Waals surface area contributed by atoms with Crippen LogP contribution in [0.4, 0.5) is 10.1 Å². The molecule has 0 aliphatic heterocycles. The van der Waals surface area contributed by atoms with Crippen LogP contribution in [0.25, 0.3) is 0 Å². The molecular formula is C18H13BrClFN4O3S. The fourth-order valence-electron chi connectivity index (χ4n) is 2.18. The standard InChI is InChI=1S/C18H13BrClFN4O3S/c19-10-4-6-11(7-5-10)23-14(26)9-29-18-25-24-15(28-18)8-22-17(27)16-12(20)2-1-3-13(16)21/h1-7H,8-9H2,(H,22,27)(H,23,26). The number of rotatable bonds is 7. The minimum atomic E-state index is -0.728. The van der Waals surface area contributed by atoms with Crippen LogP contribution >= 0.6 is 39.3 Å². The smallest absolute Gasteiger partial charge is 0.277 e. The molecule has 0 unspecified atom stereocenters. The SMILES string of the molecule is O=C(CSc1nnc(CNC(=O)c2c(F)cccc2Cl)o1)Nc1ccc(Br)cc1. The summed E-state index contributed by atoms with van der Waals surface area (Å²) in [5.41, 5.74) is 0.410. The van der Waals surface area contributed by atoms with E-state index in [4.69, 9.17) is 16.0 Å². The van der Waals surface area contributed by atoms with Crippen molar-refractivity contribution < 1.29 is 18.4 Å². The summed E-state index contributed by atoms with van der Waals surface area (Å²) in [6.45, 7) is -0.109. The first-order valence-electron chi connectivity index (χ1n) is 8.15. The molecule has 0 fully saturated rings. The average Bonchev–Trinajstić information content (AvgIpc) is 3.14. The van der Waals surface area contributed by atoms with E-state index in [0.717, 1.165) is 22.3 Å². The second kappa shape index (κ2) is 9.86. The Morgan fingerprint density at radius 2 is 1.93 bits per heavy atom. The largest absolute Gasteiger partial charge is 0.414 e. The van der Waals surface area contributed by atoms with Crippen molar-refractivity contribution in [1.29, 1.82) is 0 Å². The van der Waals surface area contributed by atoms with Crippen molar-refractivity contribution >= 4 is 56.8 Å². The number of nitrogens with zero attached hydrogens (tertiary/aromatic N) is 2. The van der Waals surface area contributed by atoms with Gasteiger partial charge in [0, 0.05) is 10.2 Å². The number of nitrogens with one attached hydrogen (secondary N) is 2. The quantitative estimate of drug-likeness (QED) is 0.471. The number of halogens is 3. The zero-order valence-electron chi connectivity index (χ0n) is 14.6. The van der Waals surface area contributed by atoms with E-state index >= 15 is 0 Å². The molecule has 0 radical (unpaired) electrons. The molecule has 0 bridgehead atoms. The highest BCUT2D eigenvalue weighted by Crippen LogP contribution is 2.20. The lowest BCUT2D eigenvalue weighted by molar-refractivity contribution is -0.113. The molecule has 0 aliphatic carbocycles. The van der Waals surface area contributed by atoms with Gasteiger partial charge in [-0.25, -0.2) is 4.39 Å². The van der Waals surface area contributed by atoms with E-state index in [-0.39, 0.29) is 39.9 Å². The van der Waals surface area contributed by atoms with Gasteiger partial charge in [-0.2, -0.15) is 0 Å². The summed E-state index contributed by atoms with van der Waals surface area (Å²) < 4.78 is 20.0. The third kappa shape index (κ3) is 6.02. The molecule has 29 heavy (non-hydrogen) atoms. The number of hydrogen-bond acceptors (Lipinski definition) is 6. The average molecular weight is 500 g/mol. The fraction of sp³-hybridized carbons (Fsp3) is 0.111. The summed E-state index contributed by atoms with van der Waals surface area (Å²) in [6.07, 6.45) is 0. The van der Waals surface area contributed by atoms with Gasteiger partial charge in [-0.05, 0) is 36.4 Å². The normalized spacial score (nSPS) is 10.6. The highest BCUT2D eigenvalue weighted by atomic mass is 79.9. The van der Waals surface area contributed by atoms with E-state index in [1.165, 1.54) is 12.1 Å². The van der Waals surface area contributed by atoms with Crippen LogP contribution in [-0.4, -0.2) is 27.8 Å². The van der Waals surface area contributed by atoms with Crippen LogP contribution < -0.4 is 10.6 Å². The number of carbonyl (C=O) groups is 2. The molecule has 0 saturated heterocycles. The fourth-order valence-corrected chi connectivity index (χ4v) is 3.28. The number of amides is 2. The van der Waals surface area contributed by atoms with Crippen molar-refractivity contribution in [2.24, 2.45) is 0 Å². The number of benzene rings is 2. The van der Waals surface area contributed by atoms with E-state index in [0.29, 0.717) is 5.69 Å². The summed E-state index contributed by atoms with van der Waals surface area (Å²) >= 11 is 10.2. The van der Waals surface area contributed by atoms with E-state index in [9.17, 15) is 14.0 Å². The zero-order chi connectivity index (χ0) is 20.8. The predicted octanol–water partition coefficient (Wildman–Crippen LogP) is 4.29. The Morgan fingerprint density at radius 1 is 1.17 bits per heavy atom. The van der Waals surface area contributed by atoms with Gasteiger partial charge in [0.25, 0.3) is 11.1 Å². The van der Waals surface area contributed by atoms with Gasteiger partial charge in [-0.1, -0.05) is 45.4 Å². The lowest BCUT2D eigenvalue weighted by Gasteiger charge is -2.05. The molecule has 0 aliphatic rings. The Kier molecular flexibility index (Phi) is 7.24. The Balaban J connectivity index is 1.48. The Hall–Kier alpha value is -2.43. The van der Waals surface area contributed by atoms with Crippen molar-refractivity contribution in [2.45, 2.75) is 11.8 Å². The van der Waals surface area contributed by atoms with Gasteiger partial charge in [0.2, 0.25) is 11.8 Å². The maximum atomic E-state index is 13.7. The Labute approximate surface area is 182 Å². The van der Waals surface area contributed by atoms with Gasteiger partial charge in [0.05, 0.1) is 22.9 Å². The van der Waals surface area contributed by atoms with Crippen molar-refractivity contribution in [2.75, 3.05) is 11.1 Å². The topological polar surface area (TPSA) is 97.1 Å². The summed E-state index contributed by atoms with van der Waals surface area (Å²) in [6, 6.07) is 11.1. The first kappa shape index (κ1) is 21.3. The van der Waals surface area contributed by atoms with Gasteiger partial charge in [0.15, 0.2) is 0 Å². The lowest BCUT2D eigenvalue weighted by Crippen LogP contribution is -2.24. The molecule has 1 aromatic heterocycles. The van der Waals surface area contributed by atoms with Gasteiger partial charge in [-0.3, -0.25) is 9.59 Å². The van der Waals surface area contributed by atoms with Gasteiger partial charge in [0.1, 0.15) is 5.82 Å². The molecule has 11 heteroatoms. The molecular weight excluding hydrogens is 487 g/mol. The number of aromatic nitrogens is 2. The minimum absolute atomic E-state index is 0.000981. The zero-order valence-corrected chi connectivity index (χ0v) is 17.8. The molecule has 0 spiro atoms. The van der Waals surface area contributed by atoms with E-state index in [1.807, 2.05) is 12.1 Å². The second-order valence-electron chi connectivity index (χ2n) is 5.58. The Morgan fingerprint density at radius 3 is 2.66 bits per heavy atom. The maximum absolute atomic E-state index is 13.7. The number of thioether (sulfide) groups is 1. The summed E-state index contributed by atoms with van der Waals surface area (Å²) in [5, 5.41) is 13.0. The van der Waals surface area contributed by atoms with Gasteiger partial charge >= 0.3 is 0 Å². The first-order chi connectivity index (χ1) is 13.9. The van der Waals surface area contributed by atoms with E-state index < -0.39 is 11.7 Å². The predicted molar refractivity (Wildman–Crippen MR) is 110 cm³/mol. The maximum Gasteiger partial charge on any atom is 0.277 e. The van der Waals surface area contributed by atoms with Crippen LogP contribution in [0, 0.1) is 5.82 Å². The molecule has 3 aromatic rings. The third-order valence-electron chi connectivity index (χ3n) is 3.49. The highest BCUT2D eigenvalue weighted by molar-refractivity contribution is 9.10. The Bertz CT molecular complexity index is 1010. The number of hydrogen-bond donors (Lipinski definition) is 2. The van der Waals surface area contributed by atoms with Crippen LogP contribution in [0.15, 0.2) is 56.6 Å². The van der Waals surface area contributed by atoms with Crippen LogP contribution in [0.2, 0.25) is 5.02 Å². The first-order valence-corrected chi connectivity index (χ1v) is 10.3. The molecule has 7 nitrogen and oxygen atoms in total.